The van der Waals surface area contributed by atoms with E-state index < -0.39 is 6.10 Å². The van der Waals surface area contributed by atoms with Crippen molar-refractivity contribution >= 4 is 17.5 Å². The van der Waals surface area contributed by atoms with Crippen molar-refractivity contribution in [2.24, 2.45) is 0 Å². The van der Waals surface area contributed by atoms with Gasteiger partial charge in [0.05, 0.1) is 33.0 Å². The molecule has 1 heterocycles. The molecule has 0 aromatic carbocycles. The minimum atomic E-state index is -0.480. The number of alkyl halides is 1. The van der Waals surface area contributed by atoms with E-state index in [-0.39, 0.29) is 5.91 Å². The van der Waals surface area contributed by atoms with Gasteiger partial charge in [0.1, 0.15) is 0 Å². The number of halogens is 1. The number of rotatable bonds is 6. The maximum Gasteiger partial charge on any atom is 0.251 e. The van der Waals surface area contributed by atoms with Gasteiger partial charge in [-0.15, -0.1) is 11.6 Å². The first kappa shape index (κ1) is 12.7. The van der Waals surface area contributed by atoms with Gasteiger partial charge in [-0.1, -0.05) is 0 Å². The maximum absolute atomic E-state index is 11.4. The van der Waals surface area contributed by atoms with Crippen LogP contribution in [0.25, 0.3) is 0 Å². The molecule has 1 fully saturated rings. The predicted octanol–water partition coefficient (Wildman–Crippen LogP) is -0.227. The first-order chi connectivity index (χ1) is 7.34. The van der Waals surface area contributed by atoms with Crippen LogP contribution in [0.15, 0.2) is 0 Å². The van der Waals surface area contributed by atoms with Crippen molar-refractivity contribution in [2.75, 3.05) is 45.5 Å². The predicted molar refractivity (Wildman–Crippen MR) is 55.1 cm³/mol. The molecule has 0 saturated carbocycles. The Morgan fingerprint density at radius 2 is 2.33 bits per heavy atom. The summed E-state index contributed by atoms with van der Waals surface area (Å²) in [6.45, 7) is 2.79. The summed E-state index contributed by atoms with van der Waals surface area (Å²) < 4.78 is 15.4. The van der Waals surface area contributed by atoms with E-state index in [1.165, 1.54) is 0 Å². The van der Waals surface area contributed by atoms with Crippen molar-refractivity contribution in [1.82, 2.24) is 5.32 Å². The van der Waals surface area contributed by atoms with Crippen LogP contribution in [-0.4, -0.2) is 57.5 Å². The minimum Gasteiger partial charge on any atom is -0.378 e. The monoisotopic (exact) mass is 237 g/mol. The smallest absolute Gasteiger partial charge is 0.251 e. The Morgan fingerprint density at radius 1 is 1.47 bits per heavy atom. The molecule has 0 bridgehead atoms. The molecule has 1 N–H and O–H groups in total. The molecule has 0 radical (unpaired) electrons. The highest BCUT2D eigenvalue weighted by Crippen LogP contribution is 1.99. The summed E-state index contributed by atoms with van der Waals surface area (Å²) in [6.07, 6.45) is -0.480. The van der Waals surface area contributed by atoms with E-state index >= 15 is 0 Å². The van der Waals surface area contributed by atoms with Crippen LogP contribution in [-0.2, 0) is 19.0 Å². The van der Waals surface area contributed by atoms with Gasteiger partial charge in [-0.3, -0.25) is 4.79 Å². The van der Waals surface area contributed by atoms with Crippen LogP contribution in [0.4, 0.5) is 0 Å². The van der Waals surface area contributed by atoms with Gasteiger partial charge in [-0.25, -0.2) is 0 Å². The Bertz CT molecular complexity index is 185. The molecule has 0 spiro atoms. The molecule has 6 heteroatoms. The fraction of sp³-hybridized carbons (Fsp3) is 0.889. The van der Waals surface area contributed by atoms with E-state index in [1.807, 2.05) is 0 Å². The Labute approximate surface area is 94.0 Å². The third-order valence-electron chi connectivity index (χ3n) is 1.88. The zero-order valence-corrected chi connectivity index (χ0v) is 9.29. The third-order valence-corrected chi connectivity index (χ3v) is 2.03. The largest absolute Gasteiger partial charge is 0.378 e. The molecule has 1 amide bonds. The lowest BCUT2D eigenvalue weighted by molar-refractivity contribution is -0.147. The molecule has 88 valence electrons. The van der Waals surface area contributed by atoms with Gasteiger partial charge < -0.3 is 19.5 Å². The van der Waals surface area contributed by atoms with Gasteiger partial charge in [-0.05, 0) is 0 Å². The average Bonchev–Trinajstić information content (AvgIpc) is 2.30. The second-order valence-corrected chi connectivity index (χ2v) is 3.40. The molecule has 5 nitrogen and oxygen atoms in total. The fourth-order valence-corrected chi connectivity index (χ4v) is 1.27. The van der Waals surface area contributed by atoms with Gasteiger partial charge in [0.25, 0.3) is 5.91 Å². The summed E-state index contributed by atoms with van der Waals surface area (Å²) in [5.41, 5.74) is 0. The van der Waals surface area contributed by atoms with Crippen LogP contribution >= 0.6 is 11.6 Å². The number of hydrogen-bond acceptors (Lipinski definition) is 4. The summed E-state index contributed by atoms with van der Waals surface area (Å²) in [7, 11) is 0. The lowest BCUT2D eigenvalue weighted by Crippen LogP contribution is -2.43. The van der Waals surface area contributed by atoms with Gasteiger partial charge >= 0.3 is 0 Å². The Hall–Kier alpha value is -0.360. The third kappa shape index (κ3) is 5.32. The zero-order valence-electron chi connectivity index (χ0n) is 8.54. The quantitative estimate of drug-likeness (QED) is 0.512. The first-order valence-corrected chi connectivity index (χ1v) is 5.49. The van der Waals surface area contributed by atoms with Crippen LogP contribution in [0.2, 0.25) is 0 Å². The van der Waals surface area contributed by atoms with Crippen molar-refractivity contribution in [3.8, 4) is 0 Å². The van der Waals surface area contributed by atoms with E-state index in [0.29, 0.717) is 45.5 Å². The Balaban J connectivity index is 2.02. The molecule has 1 unspecified atom stereocenters. The van der Waals surface area contributed by atoms with E-state index in [9.17, 15) is 4.79 Å². The van der Waals surface area contributed by atoms with Crippen molar-refractivity contribution < 1.29 is 19.0 Å². The SMILES string of the molecule is O=C(NCCOCCCl)C1COCCO1. The second-order valence-electron chi connectivity index (χ2n) is 3.03. The lowest BCUT2D eigenvalue weighted by Gasteiger charge is -2.21. The first-order valence-electron chi connectivity index (χ1n) is 4.95. The number of hydrogen-bond donors (Lipinski definition) is 1. The summed E-state index contributed by atoms with van der Waals surface area (Å²) >= 11 is 5.42. The molecule has 0 aromatic rings. The summed E-state index contributed by atoms with van der Waals surface area (Å²) in [4.78, 5) is 11.4. The van der Waals surface area contributed by atoms with Crippen molar-refractivity contribution in [2.45, 2.75) is 6.10 Å². The number of amides is 1. The van der Waals surface area contributed by atoms with Crippen LogP contribution in [0.3, 0.4) is 0 Å². The molecule has 15 heavy (non-hydrogen) atoms. The van der Waals surface area contributed by atoms with Crippen LogP contribution < -0.4 is 5.32 Å². The molecule has 1 aliphatic heterocycles. The highest BCUT2D eigenvalue weighted by Gasteiger charge is 2.21. The topological polar surface area (TPSA) is 56.8 Å². The normalized spacial score (nSPS) is 21.3. The number of nitrogens with one attached hydrogen (secondary N) is 1. The minimum absolute atomic E-state index is 0.149. The van der Waals surface area contributed by atoms with E-state index in [4.69, 9.17) is 25.8 Å². The van der Waals surface area contributed by atoms with Crippen LogP contribution in [0.1, 0.15) is 0 Å². The van der Waals surface area contributed by atoms with Gasteiger partial charge in [-0.2, -0.15) is 0 Å². The second kappa shape index (κ2) is 7.87. The summed E-state index contributed by atoms with van der Waals surface area (Å²) in [6, 6.07) is 0. The summed E-state index contributed by atoms with van der Waals surface area (Å²) in [5.74, 6) is 0.317. The Morgan fingerprint density at radius 3 is 3.00 bits per heavy atom. The molecule has 1 rings (SSSR count). The van der Waals surface area contributed by atoms with Crippen molar-refractivity contribution in [3.05, 3.63) is 0 Å². The highest BCUT2D eigenvalue weighted by atomic mass is 35.5. The zero-order chi connectivity index (χ0) is 10.9. The summed E-state index contributed by atoms with van der Waals surface area (Å²) in [5, 5.41) is 2.70. The highest BCUT2D eigenvalue weighted by molar-refractivity contribution is 6.17. The molecular formula is C9H16ClNO4. The molecule has 1 aliphatic rings. The van der Waals surface area contributed by atoms with Crippen LogP contribution in [0.5, 0.6) is 0 Å². The Kier molecular flexibility index (Phi) is 6.67. The van der Waals surface area contributed by atoms with Crippen molar-refractivity contribution in [1.29, 1.82) is 0 Å². The van der Waals surface area contributed by atoms with E-state index in [2.05, 4.69) is 5.32 Å². The maximum atomic E-state index is 11.4. The number of carbonyl (C=O) groups excluding carboxylic acids is 1. The number of ether oxygens (including phenoxy) is 3. The van der Waals surface area contributed by atoms with Crippen molar-refractivity contribution in [3.63, 3.8) is 0 Å². The molecule has 1 saturated heterocycles. The fourth-order valence-electron chi connectivity index (χ4n) is 1.16. The van der Waals surface area contributed by atoms with Crippen LogP contribution in [0, 0.1) is 0 Å². The van der Waals surface area contributed by atoms with Gasteiger partial charge in [0.15, 0.2) is 6.10 Å². The van der Waals surface area contributed by atoms with Gasteiger partial charge in [0, 0.05) is 12.4 Å². The average molecular weight is 238 g/mol. The number of carbonyl (C=O) groups is 1. The molecule has 0 aromatic heterocycles. The lowest BCUT2D eigenvalue weighted by atomic mass is 10.3. The van der Waals surface area contributed by atoms with E-state index in [1.54, 1.807) is 0 Å². The van der Waals surface area contributed by atoms with Gasteiger partial charge in [0.2, 0.25) is 0 Å². The molecule has 0 aliphatic carbocycles. The molecular weight excluding hydrogens is 222 g/mol. The van der Waals surface area contributed by atoms with E-state index in [0.717, 1.165) is 0 Å². The standard InChI is InChI=1S/C9H16ClNO4/c10-1-3-13-4-2-11-9(12)8-7-14-5-6-15-8/h8H,1-7H2,(H,11,12). The molecule has 1 atom stereocenters.